The molecule has 1 nitrogen and oxygen atoms in total. The first-order valence-electron chi connectivity index (χ1n) is 7.24. The van der Waals surface area contributed by atoms with Gasteiger partial charge in [0.25, 0.3) is 0 Å². The van der Waals surface area contributed by atoms with Gasteiger partial charge in [-0.2, -0.15) is 0 Å². The van der Waals surface area contributed by atoms with Crippen LogP contribution in [0, 0.1) is 13.8 Å². The molecular weight excluding hydrogens is 218 g/mol. The molecule has 0 aliphatic carbocycles. The normalized spacial score (nSPS) is 21.1. The quantitative estimate of drug-likeness (QED) is 0.772. The second-order valence-electron chi connectivity index (χ2n) is 6.78. The van der Waals surface area contributed by atoms with Crippen LogP contribution in [0.5, 0.6) is 0 Å². The lowest BCUT2D eigenvalue weighted by Gasteiger charge is -2.29. The first-order chi connectivity index (χ1) is 8.39. The molecule has 0 amide bonds. The third kappa shape index (κ3) is 2.77. The van der Waals surface area contributed by atoms with Crippen molar-refractivity contribution in [2.24, 2.45) is 0 Å². The van der Waals surface area contributed by atoms with Crippen LogP contribution in [0.1, 0.15) is 68.3 Å². The Hall–Kier alpha value is -0.820. The second kappa shape index (κ2) is 5.05. The van der Waals surface area contributed by atoms with Crippen molar-refractivity contribution in [3.8, 4) is 0 Å². The van der Waals surface area contributed by atoms with Crippen molar-refractivity contribution in [2.75, 3.05) is 6.54 Å². The summed E-state index contributed by atoms with van der Waals surface area (Å²) in [6, 6.07) is 5.35. The molecule has 1 aliphatic heterocycles. The summed E-state index contributed by atoms with van der Waals surface area (Å²) in [5.41, 5.74) is 6.16. The van der Waals surface area contributed by atoms with Gasteiger partial charge in [0.2, 0.25) is 0 Å². The van der Waals surface area contributed by atoms with Crippen LogP contribution in [0.15, 0.2) is 12.1 Å². The van der Waals surface area contributed by atoms with Gasteiger partial charge in [0.1, 0.15) is 0 Å². The standard InChI is InChI=1S/C17H27N/c1-12-10-14(17(3,4)5)11-13(2)16(12)15-8-6-7-9-18-15/h10-11,15,18H,6-9H2,1-5H3. The highest BCUT2D eigenvalue weighted by molar-refractivity contribution is 5.42. The van der Waals surface area contributed by atoms with Crippen molar-refractivity contribution in [1.29, 1.82) is 0 Å². The smallest absolute Gasteiger partial charge is 0.0325 e. The van der Waals surface area contributed by atoms with E-state index in [9.17, 15) is 0 Å². The van der Waals surface area contributed by atoms with Crippen molar-refractivity contribution in [3.63, 3.8) is 0 Å². The Bertz CT molecular complexity index is 397. The van der Waals surface area contributed by atoms with Gasteiger partial charge in [-0.1, -0.05) is 39.3 Å². The highest BCUT2D eigenvalue weighted by atomic mass is 14.9. The second-order valence-corrected chi connectivity index (χ2v) is 6.78. The molecule has 1 aromatic rings. The molecule has 1 saturated heterocycles. The van der Waals surface area contributed by atoms with E-state index in [0.29, 0.717) is 6.04 Å². The summed E-state index contributed by atoms with van der Waals surface area (Å²) in [6.45, 7) is 12.6. The Morgan fingerprint density at radius 1 is 1.06 bits per heavy atom. The van der Waals surface area contributed by atoms with Crippen LogP contribution in [0.4, 0.5) is 0 Å². The minimum Gasteiger partial charge on any atom is -0.310 e. The molecule has 100 valence electrons. The third-order valence-corrected chi connectivity index (χ3v) is 4.12. The number of piperidine rings is 1. The van der Waals surface area contributed by atoms with E-state index in [4.69, 9.17) is 0 Å². The molecule has 1 aromatic carbocycles. The Morgan fingerprint density at radius 3 is 2.11 bits per heavy atom. The van der Waals surface area contributed by atoms with E-state index in [1.165, 1.54) is 42.5 Å². The average molecular weight is 245 g/mol. The van der Waals surface area contributed by atoms with Crippen molar-refractivity contribution in [2.45, 2.75) is 65.3 Å². The largest absolute Gasteiger partial charge is 0.310 e. The van der Waals surface area contributed by atoms with Crippen LogP contribution >= 0.6 is 0 Å². The van der Waals surface area contributed by atoms with Gasteiger partial charge in [0.15, 0.2) is 0 Å². The van der Waals surface area contributed by atoms with Crippen molar-refractivity contribution < 1.29 is 0 Å². The molecule has 1 heterocycles. The Kier molecular flexibility index (Phi) is 3.82. The molecule has 1 unspecified atom stereocenters. The molecule has 18 heavy (non-hydrogen) atoms. The van der Waals surface area contributed by atoms with Crippen LogP contribution in [-0.2, 0) is 5.41 Å². The number of nitrogens with one attached hydrogen (secondary N) is 1. The number of hydrogen-bond donors (Lipinski definition) is 1. The van der Waals surface area contributed by atoms with Crippen LogP contribution in [0.3, 0.4) is 0 Å². The molecule has 1 N–H and O–H groups in total. The van der Waals surface area contributed by atoms with Gasteiger partial charge in [-0.25, -0.2) is 0 Å². The fraction of sp³-hybridized carbons (Fsp3) is 0.647. The summed E-state index contributed by atoms with van der Waals surface area (Å²) in [4.78, 5) is 0. The van der Waals surface area contributed by atoms with E-state index in [0.717, 1.165) is 0 Å². The van der Waals surface area contributed by atoms with Gasteiger partial charge >= 0.3 is 0 Å². The van der Waals surface area contributed by atoms with Gasteiger partial charge in [-0.15, -0.1) is 0 Å². The summed E-state index contributed by atoms with van der Waals surface area (Å²) in [6.07, 6.45) is 3.97. The number of benzene rings is 1. The maximum atomic E-state index is 3.68. The lowest BCUT2D eigenvalue weighted by Crippen LogP contribution is -2.28. The summed E-state index contributed by atoms with van der Waals surface area (Å²) < 4.78 is 0. The minimum absolute atomic E-state index is 0.244. The molecule has 1 fully saturated rings. The van der Waals surface area contributed by atoms with E-state index in [1.54, 1.807) is 5.56 Å². The molecule has 1 aliphatic rings. The Labute approximate surface area is 112 Å². The molecule has 0 aromatic heterocycles. The maximum Gasteiger partial charge on any atom is 0.0325 e. The van der Waals surface area contributed by atoms with Gasteiger partial charge in [-0.3, -0.25) is 0 Å². The first kappa shape index (κ1) is 13.6. The number of hydrogen-bond acceptors (Lipinski definition) is 1. The SMILES string of the molecule is Cc1cc(C(C)(C)C)cc(C)c1C1CCCCN1. The summed E-state index contributed by atoms with van der Waals surface area (Å²) in [5, 5.41) is 3.68. The average Bonchev–Trinajstić information content (AvgIpc) is 2.28. The molecule has 2 rings (SSSR count). The predicted octanol–water partition coefficient (Wildman–Crippen LogP) is 4.42. The lowest BCUT2D eigenvalue weighted by molar-refractivity contribution is 0.409. The van der Waals surface area contributed by atoms with Gasteiger partial charge in [-0.05, 0) is 60.9 Å². The zero-order valence-corrected chi connectivity index (χ0v) is 12.6. The molecular formula is C17H27N. The fourth-order valence-corrected chi connectivity index (χ4v) is 3.06. The Balaban J connectivity index is 2.37. The molecule has 0 saturated carbocycles. The van der Waals surface area contributed by atoms with Crippen LogP contribution in [0.2, 0.25) is 0 Å². The molecule has 0 bridgehead atoms. The van der Waals surface area contributed by atoms with Crippen LogP contribution < -0.4 is 5.32 Å². The summed E-state index contributed by atoms with van der Waals surface area (Å²) in [7, 11) is 0. The predicted molar refractivity (Wildman–Crippen MR) is 79.2 cm³/mol. The van der Waals surface area contributed by atoms with Crippen molar-refractivity contribution >= 4 is 0 Å². The van der Waals surface area contributed by atoms with Crippen LogP contribution in [0.25, 0.3) is 0 Å². The minimum atomic E-state index is 0.244. The number of aryl methyl sites for hydroxylation is 2. The molecule has 1 atom stereocenters. The van der Waals surface area contributed by atoms with E-state index in [-0.39, 0.29) is 5.41 Å². The van der Waals surface area contributed by atoms with E-state index in [1.807, 2.05) is 0 Å². The topological polar surface area (TPSA) is 12.0 Å². The lowest BCUT2D eigenvalue weighted by atomic mass is 9.81. The van der Waals surface area contributed by atoms with E-state index in [2.05, 4.69) is 52.1 Å². The zero-order valence-electron chi connectivity index (χ0n) is 12.6. The van der Waals surface area contributed by atoms with Gasteiger partial charge in [0.05, 0.1) is 0 Å². The number of rotatable bonds is 1. The molecule has 0 radical (unpaired) electrons. The van der Waals surface area contributed by atoms with Crippen molar-refractivity contribution in [3.05, 3.63) is 34.4 Å². The summed E-state index contributed by atoms with van der Waals surface area (Å²) >= 11 is 0. The van der Waals surface area contributed by atoms with E-state index < -0.39 is 0 Å². The molecule has 1 heteroatoms. The molecule has 0 spiro atoms. The highest BCUT2D eigenvalue weighted by Gasteiger charge is 2.21. The maximum absolute atomic E-state index is 3.68. The van der Waals surface area contributed by atoms with Crippen LogP contribution in [-0.4, -0.2) is 6.54 Å². The highest BCUT2D eigenvalue weighted by Crippen LogP contribution is 2.32. The fourth-order valence-electron chi connectivity index (χ4n) is 3.06. The third-order valence-electron chi connectivity index (χ3n) is 4.12. The monoisotopic (exact) mass is 245 g/mol. The zero-order chi connectivity index (χ0) is 13.3. The van der Waals surface area contributed by atoms with E-state index >= 15 is 0 Å². The van der Waals surface area contributed by atoms with Crippen molar-refractivity contribution in [1.82, 2.24) is 5.32 Å². The van der Waals surface area contributed by atoms with Gasteiger partial charge < -0.3 is 5.32 Å². The Morgan fingerprint density at radius 2 is 1.67 bits per heavy atom. The van der Waals surface area contributed by atoms with Gasteiger partial charge in [0, 0.05) is 6.04 Å². The first-order valence-corrected chi connectivity index (χ1v) is 7.24. The summed E-state index contributed by atoms with van der Waals surface area (Å²) in [5.74, 6) is 0.